The van der Waals surface area contributed by atoms with E-state index in [1.165, 1.54) is 61.3 Å². The molecule has 330 valence electrons. The van der Waals surface area contributed by atoms with Crippen molar-refractivity contribution in [2.45, 2.75) is 96.3 Å². The number of aromatic nitrogens is 1. The minimum Gasteiger partial charge on any atom is -0.248 e. The van der Waals surface area contributed by atoms with Gasteiger partial charge in [-0.1, -0.05) is 207 Å². The van der Waals surface area contributed by atoms with Crippen LogP contribution in [0.2, 0.25) is 0 Å². The third-order valence-corrected chi connectivity index (χ3v) is 15.8. The first-order valence-corrected chi connectivity index (χ1v) is 24.9. The molecule has 5 aliphatic carbocycles. The highest BCUT2D eigenvalue weighted by Gasteiger charge is 2.45. The Hall–Kier alpha value is -6.31. The van der Waals surface area contributed by atoms with E-state index in [-0.39, 0.29) is 5.41 Å². The molecule has 0 saturated heterocycles. The Balaban J connectivity index is 1.19. The monoisotopic (exact) mass is 860 g/mol. The first-order valence-electron chi connectivity index (χ1n) is 24.9. The molecule has 5 atom stereocenters. The molecule has 1 heterocycles. The zero-order chi connectivity index (χ0) is 45.1. The van der Waals surface area contributed by atoms with Gasteiger partial charge >= 0.3 is 0 Å². The fourth-order valence-electron chi connectivity index (χ4n) is 12.1. The molecule has 0 spiro atoms. The smallest absolute Gasteiger partial charge is 0.0715 e. The second-order valence-electron chi connectivity index (χ2n) is 19.8. The maximum atomic E-state index is 5.74. The Labute approximate surface area is 395 Å². The highest BCUT2D eigenvalue weighted by molar-refractivity contribution is 5.80. The van der Waals surface area contributed by atoms with E-state index < -0.39 is 5.41 Å². The number of rotatable bonds is 11. The van der Waals surface area contributed by atoms with Gasteiger partial charge in [-0.25, -0.2) is 4.98 Å². The van der Waals surface area contributed by atoms with Crippen molar-refractivity contribution in [3.05, 3.63) is 250 Å². The van der Waals surface area contributed by atoms with Crippen molar-refractivity contribution in [1.82, 2.24) is 4.98 Å². The maximum absolute atomic E-state index is 5.74. The van der Waals surface area contributed by atoms with Crippen LogP contribution in [0.5, 0.6) is 0 Å². The summed E-state index contributed by atoms with van der Waals surface area (Å²) in [6, 6.07) is 46.4. The molecular weight excluding hydrogens is 795 g/mol. The van der Waals surface area contributed by atoms with Gasteiger partial charge in [0.2, 0.25) is 0 Å². The third kappa shape index (κ3) is 7.95. The minimum atomic E-state index is -0.416. The third-order valence-electron chi connectivity index (χ3n) is 15.8. The molecule has 1 aromatic heterocycles. The summed E-state index contributed by atoms with van der Waals surface area (Å²) in [4.78, 5) is 5.74. The molecule has 66 heavy (non-hydrogen) atoms. The molecule has 0 saturated carbocycles. The first kappa shape index (κ1) is 43.6. The lowest BCUT2D eigenvalue weighted by atomic mass is 9.59. The highest BCUT2D eigenvalue weighted by Crippen LogP contribution is 2.54. The van der Waals surface area contributed by atoms with Crippen molar-refractivity contribution in [3.63, 3.8) is 0 Å². The summed E-state index contributed by atoms with van der Waals surface area (Å²) < 4.78 is 0. The van der Waals surface area contributed by atoms with Crippen LogP contribution in [0, 0.1) is 17.8 Å². The quantitative estimate of drug-likeness (QED) is 0.121. The molecule has 5 aromatic rings. The molecule has 0 N–H and O–H groups in total. The van der Waals surface area contributed by atoms with Crippen LogP contribution in [0.25, 0.3) is 28.1 Å². The normalized spacial score (nSPS) is 22.5. The Morgan fingerprint density at radius 3 is 1.62 bits per heavy atom. The van der Waals surface area contributed by atoms with E-state index in [1.807, 2.05) is 0 Å². The average molecular weight is 860 g/mol. The van der Waals surface area contributed by atoms with Gasteiger partial charge in [-0.2, -0.15) is 0 Å². The molecule has 1 nitrogen and oxygen atoms in total. The maximum Gasteiger partial charge on any atom is 0.0715 e. The number of nitrogens with zero attached hydrogens (tertiary/aromatic N) is 1. The van der Waals surface area contributed by atoms with Crippen LogP contribution < -0.4 is 0 Å². The second-order valence-corrected chi connectivity index (χ2v) is 19.8. The Kier molecular flexibility index (Phi) is 12.5. The van der Waals surface area contributed by atoms with Crippen LogP contribution in [0.3, 0.4) is 0 Å². The summed E-state index contributed by atoms with van der Waals surface area (Å²) in [5, 5.41) is 0. The molecule has 0 bridgehead atoms. The van der Waals surface area contributed by atoms with Gasteiger partial charge in [-0.15, -0.1) is 0 Å². The topological polar surface area (TPSA) is 12.9 Å². The summed E-state index contributed by atoms with van der Waals surface area (Å²) >= 11 is 0. The zero-order valence-corrected chi connectivity index (χ0v) is 39.5. The molecule has 0 amide bonds. The zero-order valence-electron chi connectivity index (χ0n) is 39.5. The fraction of sp³-hybridized carbons (Fsp3) is 0.277. The number of allylic oxidation sites excluding steroid dienone is 18. The SMILES string of the molecule is CC1=C(c2cc(-c3cccc(C(C4=CC=CCC4)(C4=CCC(C)C(C)C4)c4ccccc4)c3)nc(-c3cccc(C(C4=CC=CCC4)(C4=CC=CCC4C)c4ccccc4)c3)c2)CCC=C1. The van der Waals surface area contributed by atoms with Crippen molar-refractivity contribution in [3.8, 4) is 22.5 Å². The summed E-state index contributed by atoms with van der Waals surface area (Å²) in [7, 11) is 0. The van der Waals surface area contributed by atoms with Crippen molar-refractivity contribution in [1.29, 1.82) is 0 Å². The molecule has 0 fully saturated rings. The van der Waals surface area contributed by atoms with Crippen LogP contribution in [-0.2, 0) is 10.8 Å². The van der Waals surface area contributed by atoms with Crippen molar-refractivity contribution in [2.24, 2.45) is 17.8 Å². The van der Waals surface area contributed by atoms with E-state index in [1.54, 1.807) is 0 Å². The standard InChI is InChI=1S/C65H65N/c1-46-39-40-59(41-49(46)4)64(53-27-9-5-10-28-53,54-29-11-6-12-30-54)57-35-21-25-50(42-57)62-44-52(60-37-19-17-23-47(60)2)45-63(66-62)51-26-22-36-58(43-51)65(55-31-13-7-14-32-55,56-33-15-8-16-34-56)61-38-20-18-24-48(61)3/h5-11,13-15,17-18,20-23,25-29,31-33,35-36,38,40,42-46,48-49H,12,16,19,24,30,34,37,39,41H2,1-4H3. The molecule has 10 rings (SSSR count). The van der Waals surface area contributed by atoms with Gasteiger partial charge in [-0.3, -0.25) is 0 Å². The van der Waals surface area contributed by atoms with Crippen LogP contribution in [0.15, 0.2) is 222 Å². The van der Waals surface area contributed by atoms with E-state index >= 15 is 0 Å². The molecule has 0 radical (unpaired) electrons. The van der Waals surface area contributed by atoms with Gasteiger partial charge in [0.1, 0.15) is 0 Å². The van der Waals surface area contributed by atoms with Crippen molar-refractivity contribution >= 4 is 5.57 Å². The Morgan fingerprint density at radius 1 is 0.485 bits per heavy atom. The lowest BCUT2D eigenvalue weighted by molar-refractivity contribution is 0.353. The van der Waals surface area contributed by atoms with Gasteiger partial charge < -0.3 is 0 Å². The largest absolute Gasteiger partial charge is 0.248 e. The summed E-state index contributed by atoms with van der Waals surface area (Å²) in [6.45, 7) is 9.57. The predicted octanol–water partition coefficient (Wildman–Crippen LogP) is 17.2. The first-order chi connectivity index (χ1) is 32.4. The molecule has 0 aliphatic heterocycles. The average Bonchev–Trinajstić information content (AvgIpc) is 3.37. The van der Waals surface area contributed by atoms with Crippen molar-refractivity contribution < 1.29 is 0 Å². The van der Waals surface area contributed by atoms with E-state index in [0.717, 1.165) is 80.3 Å². The molecule has 4 aromatic carbocycles. The summed E-state index contributed by atoms with van der Waals surface area (Å²) in [5.74, 6) is 1.66. The van der Waals surface area contributed by atoms with Gasteiger partial charge in [0.05, 0.1) is 22.2 Å². The Bertz CT molecular complexity index is 2890. The number of benzene rings is 4. The molecular formula is C65H65N. The highest BCUT2D eigenvalue weighted by atomic mass is 14.7. The fourth-order valence-corrected chi connectivity index (χ4v) is 12.1. The van der Waals surface area contributed by atoms with Crippen LogP contribution in [0.4, 0.5) is 0 Å². The Morgan fingerprint density at radius 2 is 1.05 bits per heavy atom. The van der Waals surface area contributed by atoms with E-state index in [0.29, 0.717) is 17.8 Å². The predicted molar refractivity (Wildman–Crippen MR) is 280 cm³/mol. The number of hydrogen-bond acceptors (Lipinski definition) is 1. The molecule has 5 unspecified atom stereocenters. The van der Waals surface area contributed by atoms with Gasteiger partial charge in [-0.05, 0) is 151 Å². The van der Waals surface area contributed by atoms with E-state index in [9.17, 15) is 0 Å². The second kappa shape index (κ2) is 18.9. The number of hydrogen-bond donors (Lipinski definition) is 0. The van der Waals surface area contributed by atoms with E-state index in [2.05, 4.69) is 222 Å². The lowest BCUT2D eigenvalue weighted by Crippen LogP contribution is -2.36. The minimum absolute atomic E-state index is 0.373. The lowest BCUT2D eigenvalue weighted by Gasteiger charge is -2.44. The van der Waals surface area contributed by atoms with Gasteiger partial charge in [0, 0.05) is 11.1 Å². The van der Waals surface area contributed by atoms with Crippen LogP contribution in [0.1, 0.15) is 113 Å². The van der Waals surface area contributed by atoms with Crippen LogP contribution >= 0.6 is 0 Å². The molecule has 5 aliphatic rings. The summed E-state index contributed by atoms with van der Waals surface area (Å²) in [6.07, 6.45) is 37.8. The molecule has 1 heteroatoms. The van der Waals surface area contributed by atoms with Crippen molar-refractivity contribution in [2.75, 3.05) is 0 Å². The van der Waals surface area contributed by atoms with Gasteiger partial charge in [0.25, 0.3) is 0 Å². The number of pyridine rings is 1. The van der Waals surface area contributed by atoms with E-state index in [4.69, 9.17) is 4.98 Å². The summed E-state index contributed by atoms with van der Waals surface area (Å²) in [5.41, 5.74) is 18.8. The van der Waals surface area contributed by atoms with Crippen LogP contribution in [-0.4, -0.2) is 4.98 Å². The van der Waals surface area contributed by atoms with Gasteiger partial charge in [0.15, 0.2) is 0 Å².